The molecule has 0 bridgehead atoms. The van der Waals surface area contributed by atoms with E-state index in [2.05, 4.69) is 63.6 Å². The van der Waals surface area contributed by atoms with E-state index in [1.54, 1.807) is 0 Å². The molecule has 0 amide bonds. The Morgan fingerprint density at radius 2 is 1.73 bits per heavy atom. The molecule has 0 aliphatic carbocycles. The maximum Gasteiger partial charge on any atom is 0.124 e. The zero-order chi connectivity index (χ0) is 22.9. The predicted molar refractivity (Wildman–Crippen MR) is 135 cm³/mol. The van der Waals surface area contributed by atoms with Crippen molar-refractivity contribution in [3.05, 3.63) is 72.6 Å². The van der Waals surface area contributed by atoms with Crippen molar-refractivity contribution in [2.24, 2.45) is 5.92 Å². The molecule has 33 heavy (non-hydrogen) atoms. The van der Waals surface area contributed by atoms with Crippen LogP contribution in [0.1, 0.15) is 36.8 Å². The molecule has 178 valence electrons. The summed E-state index contributed by atoms with van der Waals surface area (Å²) in [4.78, 5) is 12.0. The van der Waals surface area contributed by atoms with Crippen molar-refractivity contribution in [2.75, 3.05) is 46.4 Å². The predicted octanol–water partition coefficient (Wildman–Crippen LogP) is 4.45. The summed E-state index contributed by atoms with van der Waals surface area (Å²) >= 11 is 0. The minimum absolute atomic E-state index is 0.538. The molecule has 3 heterocycles. The van der Waals surface area contributed by atoms with Gasteiger partial charge in [0, 0.05) is 43.6 Å². The second kappa shape index (κ2) is 12.3. The monoisotopic (exact) mass is 448 g/mol. The largest absolute Gasteiger partial charge is 0.489 e. The van der Waals surface area contributed by atoms with Gasteiger partial charge in [0.15, 0.2) is 0 Å². The van der Waals surface area contributed by atoms with Gasteiger partial charge in [-0.25, -0.2) is 0 Å². The lowest BCUT2D eigenvalue weighted by Gasteiger charge is -2.42. The van der Waals surface area contributed by atoms with Gasteiger partial charge in [0.25, 0.3) is 0 Å². The van der Waals surface area contributed by atoms with Crippen molar-refractivity contribution in [1.82, 2.24) is 19.7 Å². The Morgan fingerprint density at radius 1 is 1.00 bits per heavy atom. The molecule has 2 saturated heterocycles. The van der Waals surface area contributed by atoms with Crippen LogP contribution < -0.4 is 4.74 Å². The number of ether oxygens (including phenoxy) is 1. The van der Waals surface area contributed by atoms with Gasteiger partial charge >= 0.3 is 0 Å². The summed E-state index contributed by atoms with van der Waals surface area (Å²) in [5, 5.41) is 0. The molecular weight excluding hydrogens is 408 g/mol. The number of hydrogen-bond donors (Lipinski definition) is 0. The van der Waals surface area contributed by atoms with Crippen LogP contribution in [0.5, 0.6) is 5.75 Å². The maximum absolute atomic E-state index is 5.95. The van der Waals surface area contributed by atoms with E-state index in [-0.39, 0.29) is 0 Å². The fourth-order valence-corrected chi connectivity index (χ4v) is 5.32. The van der Waals surface area contributed by atoms with Gasteiger partial charge in [-0.15, -0.1) is 0 Å². The summed E-state index contributed by atoms with van der Waals surface area (Å²) in [6, 6.07) is 13.5. The fraction of sp³-hybridized carbons (Fsp3) is 0.536. The average molecular weight is 449 g/mol. The average Bonchev–Trinajstić information content (AvgIpc) is 2.85. The molecule has 4 rings (SSSR count). The summed E-state index contributed by atoms with van der Waals surface area (Å²) in [5.74, 6) is 1.71. The Kier molecular flexibility index (Phi) is 8.93. The third-order valence-electron chi connectivity index (χ3n) is 7.25. The van der Waals surface area contributed by atoms with Gasteiger partial charge in [0.1, 0.15) is 12.4 Å². The van der Waals surface area contributed by atoms with Crippen LogP contribution in [-0.4, -0.2) is 72.1 Å². The summed E-state index contributed by atoms with van der Waals surface area (Å²) < 4.78 is 5.95. The Labute approximate surface area is 200 Å². The van der Waals surface area contributed by atoms with Gasteiger partial charge in [-0.05, 0) is 88.6 Å². The van der Waals surface area contributed by atoms with Crippen LogP contribution in [0.2, 0.25) is 0 Å². The van der Waals surface area contributed by atoms with Crippen LogP contribution in [0.15, 0.2) is 61.4 Å². The minimum atomic E-state index is 0.538. The maximum atomic E-state index is 5.95. The van der Waals surface area contributed by atoms with E-state index in [1.165, 1.54) is 63.0 Å². The zero-order valence-corrected chi connectivity index (χ0v) is 20.2. The van der Waals surface area contributed by atoms with Gasteiger partial charge in [0.05, 0.1) is 0 Å². The van der Waals surface area contributed by atoms with Gasteiger partial charge in [0.2, 0.25) is 0 Å². The van der Waals surface area contributed by atoms with E-state index < -0.39 is 0 Å². The van der Waals surface area contributed by atoms with Crippen LogP contribution in [0.25, 0.3) is 0 Å². The summed E-state index contributed by atoms with van der Waals surface area (Å²) in [6.07, 6.45) is 10.9. The number of benzene rings is 1. The molecule has 2 aliphatic heterocycles. The second-order valence-electron chi connectivity index (χ2n) is 9.75. The first kappa shape index (κ1) is 23.9. The van der Waals surface area contributed by atoms with Crippen molar-refractivity contribution in [3.8, 4) is 5.75 Å². The van der Waals surface area contributed by atoms with E-state index >= 15 is 0 Å². The Morgan fingerprint density at radius 3 is 2.45 bits per heavy atom. The topological polar surface area (TPSA) is 31.8 Å². The third kappa shape index (κ3) is 7.13. The quantitative estimate of drug-likeness (QED) is 0.501. The molecule has 0 unspecified atom stereocenters. The van der Waals surface area contributed by atoms with Crippen LogP contribution in [0, 0.1) is 5.92 Å². The van der Waals surface area contributed by atoms with Crippen LogP contribution >= 0.6 is 0 Å². The molecule has 1 aromatic heterocycles. The van der Waals surface area contributed by atoms with Gasteiger partial charge in [-0.3, -0.25) is 9.88 Å². The van der Waals surface area contributed by atoms with E-state index in [9.17, 15) is 0 Å². The molecule has 0 spiro atoms. The van der Waals surface area contributed by atoms with Crippen molar-refractivity contribution in [3.63, 3.8) is 0 Å². The molecule has 2 aliphatic rings. The first-order valence-electron chi connectivity index (χ1n) is 12.6. The summed E-state index contributed by atoms with van der Waals surface area (Å²) in [6.45, 7) is 12.3. The molecule has 5 nitrogen and oxygen atoms in total. The number of hydrogen-bond acceptors (Lipinski definition) is 5. The standard InChI is InChI=1S/C28H40N4O/c1-3-20-33-28-7-5-4-6-26(28)23-31(21-24-8-14-29-15-9-24)22-25-10-18-32(19-11-25)27-12-16-30(2)17-13-27/h3-9,14-15,25,27H,1,10-13,16-23H2,2H3. The van der Waals surface area contributed by atoms with Gasteiger partial charge in [-0.1, -0.05) is 30.9 Å². The van der Waals surface area contributed by atoms with Crippen LogP contribution in [0.4, 0.5) is 0 Å². The van der Waals surface area contributed by atoms with Crippen LogP contribution in [-0.2, 0) is 13.1 Å². The number of rotatable bonds is 10. The number of nitrogens with zero attached hydrogens (tertiary/aromatic N) is 4. The first-order valence-corrected chi connectivity index (χ1v) is 12.6. The Hall–Kier alpha value is -2.21. The number of aromatic nitrogens is 1. The highest BCUT2D eigenvalue weighted by Gasteiger charge is 2.28. The minimum Gasteiger partial charge on any atom is -0.489 e. The smallest absolute Gasteiger partial charge is 0.124 e. The number of para-hydroxylation sites is 1. The molecule has 0 atom stereocenters. The van der Waals surface area contributed by atoms with E-state index in [4.69, 9.17) is 4.74 Å². The molecule has 0 radical (unpaired) electrons. The molecule has 5 heteroatoms. The molecular formula is C28H40N4O. The van der Waals surface area contributed by atoms with E-state index in [1.807, 2.05) is 24.5 Å². The molecule has 2 aromatic rings. The van der Waals surface area contributed by atoms with Crippen molar-refractivity contribution >= 4 is 0 Å². The SMILES string of the molecule is C=CCOc1ccccc1CN(Cc1ccncc1)CC1CCN(C2CCN(C)CC2)CC1. The summed E-state index contributed by atoms with van der Waals surface area (Å²) in [7, 11) is 2.25. The lowest BCUT2D eigenvalue weighted by atomic mass is 9.92. The molecule has 0 N–H and O–H groups in total. The number of pyridine rings is 1. The van der Waals surface area contributed by atoms with Gasteiger partial charge < -0.3 is 14.5 Å². The van der Waals surface area contributed by atoms with E-state index in [0.717, 1.165) is 37.3 Å². The number of piperidine rings is 2. The number of likely N-dealkylation sites (tertiary alicyclic amines) is 2. The zero-order valence-electron chi connectivity index (χ0n) is 20.2. The van der Waals surface area contributed by atoms with Crippen LogP contribution in [0.3, 0.4) is 0 Å². The van der Waals surface area contributed by atoms with E-state index in [0.29, 0.717) is 6.61 Å². The van der Waals surface area contributed by atoms with Crippen molar-refractivity contribution < 1.29 is 4.74 Å². The third-order valence-corrected chi connectivity index (χ3v) is 7.25. The molecule has 2 fully saturated rings. The fourth-order valence-electron chi connectivity index (χ4n) is 5.32. The summed E-state index contributed by atoms with van der Waals surface area (Å²) in [5.41, 5.74) is 2.57. The first-order chi connectivity index (χ1) is 16.2. The van der Waals surface area contributed by atoms with Gasteiger partial charge in [-0.2, -0.15) is 0 Å². The highest BCUT2D eigenvalue weighted by molar-refractivity contribution is 5.33. The lowest BCUT2D eigenvalue weighted by Crippen LogP contribution is -2.47. The van der Waals surface area contributed by atoms with Crippen molar-refractivity contribution in [2.45, 2.75) is 44.8 Å². The Bertz CT molecular complexity index is 842. The second-order valence-corrected chi connectivity index (χ2v) is 9.75. The highest BCUT2D eigenvalue weighted by atomic mass is 16.5. The lowest BCUT2D eigenvalue weighted by molar-refractivity contribution is 0.0727. The normalized spacial score (nSPS) is 19.1. The van der Waals surface area contributed by atoms with Crippen molar-refractivity contribution in [1.29, 1.82) is 0 Å². The highest BCUT2D eigenvalue weighted by Crippen LogP contribution is 2.27. The molecule has 1 aromatic carbocycles. The Balaban J connectivity index is 1.38. The molecule has 0 saturated carbocycles.